The molecule has 98 valence electrons. The highest BCUT2D eigenvalue weighted by molar-refractivity contribution is 5.90. The maximum Gasteiger partial charge on any atom is 0.269 e. The second-order valence-corrected chi connectivity index (χ2v) is 3.47. The van der Waals surface area contributed by atoms with E-state index in [1.807, 2.05) is 24.3 Å². The molecule has 0 spiro atoms. The van der Waals surface area contributed by atoms with Crippen LogP contribution in [-0.2, 0) is 14.4 Å². The summed E-state index contributed by atoms with van der Waals surface area (Å²) in [4.78, 5) is 16.2. The summed E-state index contributed by atoms with van der Waals surface area (Å²) >= 11 is 0. The van der Waals surface area contributed by atoms with E-state index in [-0.39, 0.29) is 12.7 Å². The van der Waals surface area contributed by atoms with Gasteiger partial charge in [-0.1, -0.05) is 12.1 Å². The van der Waals surface area contributed by atoms with Crippen LogP contribution in [-0.4, -0.2) is 39.0 Å². The molecule has 1 rings (SSSR count). The average Bonchev–Trinajstić information content (AvgIpc) is 2.42. The summed E-state index contributed by atoms with van der Waals surface area (Å²) in [6.07, 6.45) is 3.15. The molecule has 0 aliphatic heterocycles. The van der Waals surface area contributed by atoms with Crippen LogP contribution in [0.2, 0.25) is 0 Å². The van der Waals surface area contributed by atoms with Gasteiger partial charge in [0.2, 0.25) is 0 Å². The number of rotatable bonds is 6. The smallest absolute Gasteiger partial charge is 0.269 e. The molecule has 1 aromatic carbocycles. The fourth-order valence-corrected chi connectivity index (χ4v) is 1.16. The summed E-state index contributed by atoms with van der Waals surface area (Å²) in [6, 6.07) is 7.32. The minimum atomic E-state index is -0.225. The lowest BCUT2D eigenvalue weighted by Crippen LogP contribution is -2.22. The van der Waals surface area contributed by atoms with Crippen LogP contribution in [0.5, 0.6) is 5.75 Å². The minimum absolute atomic E-state index is 0.215. The summed E-state index contributed by atoms with van der Waals surface area (Å²) in [7, 11) is 4.55. The molecule has 0 aliphatic rings. The van der Waals surface area contributed by atoms with E-state index in [1.165, 1.54) is 13.2 Å². The van der Waals surface area contributed by atoms with E-state index in [9.17, 15) is 4.79 Å². The molecule has 0 radical (unpaired) electrons. The van der Waals surface area contributed by atoms with Crippen LogP contribution in [0.25, 0.3) is 6.08 Å². The van der Waals surface area contributed by atoms with Crippen molar-refractivity contribution in [2.45, 2.75) is 0 Å². The summed E-state index contributed by atoms with van der Waals surface area (Å²) in [5.74, 6) is 0.492. The quantitative estimate of drug-likeness (QED) is 0.438. The number of hydrogen-bond donors (Lipinski definition) is 0. The monoisotopic (exact) mass is 251 g/mol. The molecule has 5 heteroatoms. The number of hydrogen-bond acceptors (Lipinski definition) is 4. The highest BCUT2D eigenvalue weighted by Crippen LogP contribution is 2.13. The van der Waals surface area contributed by atoms with Crippen molar-refractivity contribution in [1.82, 2.24) is 5.06 Å². The lowest BCUT2D eigenvalue weighted by molar-refractivity contribution is -0.162. The Bertz CT molecular complexity index is 400. The standard InChI is InChI=1S/C13H17NO4/c1-14(17-3)13(15)9-6-11-4-7-12(8-5-11)18-10-16-2/h4-9H,10H2,1-3H3/b9-6+. The Hall–Kier alpha value is -1.85. The Morgan fingerprint density at radius 3 is 2.50 bits per heavy atom. The van der Waals surface area contributed by atoms with Gasteiger partial charge in [-0.2, -0.15) is 0 Å². The predicted octanol–water partition coefficient (Wildman–Crippen LogP) is 1.70. The summed E-state index contributed by atoms with van der Waals surface area (Å²) < 4.78 is 10.0. The molecule has 0 bridgehead atoms. The van der Waals surface area contributed by atoms with E-state index < -0.39 is 0 Å². The Labute approximate surface area is 107 Å². The molecular weight excluding hydrogens is 234 g/mol. The van der Waals surface area contributed by atoms with E-state index in [4.69, 9.17) is 14.3 Å². The van der Waals surface area contributed by atoms with Gasteiger partial charge >= 0.3 is 0 Å². The van der Waals surface area contributed by atoms with Crippen molar-refractivity contribution in [2.24, 2.45) is 0 Å². The number of benzene rings is 1. The fraction of sp³-hybridized carbons (Fsp3) is 0.308. The maximum atomic E-state index is 11.4. The van der Waals surface area contributed by atoms with Gasteiger partial charge in [0.15, 0.2) is 6.79 Å². The second-order valence-electron chi connectivity index (χ2n) is 3.47. The molecule has 0 saturated carbocycles. The fourth-order valence-electron chi connectivity index (χ4n) is 1.16. The van der Waals surface area contributed by atoms with Gasteiger partial charge in [0.05, 0.1) is 7.11 Å². The van der Waals surface area contributed by atoms with Gasteiger partial charge in [0.1, 0.15) is 5.75 Å². The van der Waals surface area contributed by atoms with Crippen LogP contribution in [0.4, 0.5) is 0 Å². The van der Waals surface area contributed by atoms with Crippen LogP contribution in [0.15, 0.2) is 30.3 Å². The van der Waals surface area contributed by atoms with Gasteiger partial charge in [-0.05, 0) is 23.8 Å². The number of likely N-dealkylation sites (N-methyl/N-ethyl adjacent to an activating group) is 1. The Kier molecular flexibility index (Phi) is 5.90. The molecule has 18 heavy (non-hydrogen) atoms. The van der Waals surface area contributed by atoms with Crippen LogP contribution in [0.1, 0.15) is 5.56 Å². The van der Waals surface area contributed by atoms with Crippen LogP contribution >= 0.6 is 0 Å². The van der Waals surface area contributed by atoms with Gasteiger partial charge in [0.25, 0.3) is 5.91 Å². The average molecular weight is 251 g/mol. The third-order valence-corrected chi connectivity index (χ3v) is 2.23. The molecule has 0 aliphatic carbocycles. The van der Waals surface area contributed by atoms with Crippen molar-refractivity contribution < 1.29 is 19.1 Å². The van der Waals surface area contributed by atoms with Gasteiger partial charge in [-0.3, -0.25) is 9.63 Å². The first kappa shape index (κ1) is 14.2. The maximum absolute atomic E-state index is 11.4. The van der Waals surface area contributed by atoms with E-state index in [1.54, 1.807) is 20.2 Å². The first-order chi connectivity index (χ1) is 8.67. The highest BCUT2D eigenvalue weighted by Gasteiger charge is 2.01. The number of amides is 1. The summed E-state index contributed by atoms with van der Waals surface area (Å²) in [5, 5.41) is 1.15. The zero-order valence-corrected chi connectivity index (χ0v) is 10.8. The van der Waals surface area contributed by atoms with Gasteiger partial charge in [-0.25, -0.2) is 5.06 Å². The van der Waals surface area contributed by atoms with Crippen molar-refractivity contribution >= 4 is 12.0 Å². The molecule has 1 aromatic rings. The number of nitrogens with zero attached hydrogens (tertiary/aromatic N) is 1. The van der Waals surface area contributed by atoms with E-state index in [2.05, 4.69) is 0 Å². The molecule has 0 saturated heterocycles. The van der Waals surface area contributed by atoms with Gasteiger partial charge in [-0.15, -0.1) is 0 Å². The minimum Gasteiger partial charge on any atom is -0.468 e. The molecule has 0 fully saturated rings. The van der Waals surface area contributed by atoms with E-state index in [0.29, 0.717) is 5.75 Å². The third kappa shape index (κ3) is 4.57. The lowest BCUT2D eigenvalue weighted by atomic mass is 10.2. The highest BCUT2D eigenvalue weighted by atomic mass is 16.7. The van der Waals surface area contributed by atoms with Crippen molar-refractivity contribution in [3.63, 3.8) is 0 Å². The van der Waals surface area contributed by atoms with Crippen LogP contribution in [0.3, 0.4) is 0 Å². The normalized spacial score (nSPS) is 10.6. The summed E-state index contributed by atoms with van der Waals surface area (Å²) in [6.45, 7) is 0.215. The zero-order valence-electron chi connectivity index (χ0n) is 10.8. The van der Waals surface area contributed by atoms with Crippen molar-refractivity contribution in [3.8, 4) is 5.75 Å². The lowest BCUT2D eigenvalue weighted by Gasteiger charge is -2.10. The third-order valence-electron chi connectivity index (χ3n) is 2.23. The molecule has 0 unspecified atom stereocenters. The number of hydroxylamine groups is 2. The number of methoxy groups -OCH3 is 1. The van der Waals surface area contributed by atoms with E-state index >= 15 is 0 Å². The predicted molar refractivity (Wildman–Crippen MR) is 67.8 cm³/mol. The van der Waals surface area contributed by atoms with Gasteiger partial charge in [0, 0.05) is 20.2 Å². The Morgan fingerprint density at radius 2 is 1.94 bits per heavy atom. The number of ether oxygens (including phenoxy) is 2. The molecular formula is C13H17NO4. The van der Waals surface area contributed by atoms with Crippen molar-refractivity contribution in [2.75, 3.05) is 28.1 Å². The molecule has 0 aromatic heterocycles. The van der Waals surface area contributed by atoms with Crippen LogP contribution in [0, 0.1) is 0 Å². The Morgan fingerprint density at radius 1 is 1.28 bits per heavy atom. The molecule has 1 amide bonds. The molecule has 0 N–H and O–H groups in total. The summed E-state index contributed by atoms with van der Waals surface area (Å²) in [5.41, 5.74) is 0.901. The number of carbonyl (C=O) groups excluding carboxylic acids is 1. The zero-order chi connectivity index (χ0) is 13.4. The topological polar surface area (TPSA) is 48.0 Å². The van der Waals surface area contributed by atoms with Crippen molar-refractivity contribution in [3.05, 3.63) is 35.9 Å². The van der Waals surface area contributed by atoms with E-state index in [0.717, 1.165) is 10.6 Å². The SMILES string of the molecule is COCOc1ccc(/C=C/C(=O)N(C)OC)cc1. The van der Waals surface area contributed by atoms with Crippen LogP contribution < -0.4 is 4.74 Å². The van der Waals surface area contributed by atoms with Crippen molar-refractivity contribution in [1.29, 1.82) is 0 Å². The first-order valence-electron chi connectivity index (χ1n) is 5.39. The molecule has 0 heterocycles. The molecule has 5 nitrogen and oxygen atoms in total. The Balaban J connectivity index is 2.58. The number of carbonyl (C=O) groups is 1. The van der Waals surface area contributed by atoms with Gasteiger partial charge < -0.3 is 9.47 Å². The largest absolute Gasteiger partial charge is 0.468 e. The first-order valence-corrected chi connectivity index (χ1v) is 5.39. The second kappa shape index (κ2) is 7.47. The molecule has 0 atom stereocenters.